The Morgan fingerprint density at radius 1 is 1.44 bits per heavy atom. The van der Waals surface area contributed by atoms with Crippen LogP contribution in [-0.4, -0.2) is 38.9 Å². The van der Waals surface area contributed by atoms with Crippen molar-refractivity contribution in [1.82, 2.24) is 5.32 Å². The topological polar surface area (TPSA) is 47.6 Å². The summed E-state index contributed by atoms with van der Waals surface area (Å²) < 4.78 is 10.3. The van der Waals surface area contributed by atoms with E-state index in [1.54, 1.807) is 0 Å². The van der Waals surface area contributed by atoms with Gasteiger partial charge in [0.1, 0.15) is 6.61 Å². The molecular weight excluding hydrogens is 206 g/mol. The van der Waals surface area contributed by atoms with Gasteiger partial charge in [-0.25, -0.2) is 4.79 Å². The van der Waals surface area contributed by atoms with E-state index in [2.05, 4.69) is 12.2 Å². The van der Waals surface area contributed by atoms with Gasteiger partial charge < -0.3 is 14.8 Å². The van der Waals surface area contributed by atoms with E-state index in [9.17, 15) is 4.79 Å². The molecule has 0 amide bonds. The van der Waals surface area contributed by atoms with Gasteiger partial charge in [-0.2, -0.15) is 0 Å². The van der Waals surface area contributed by atoms with Gasteiger partial charge in [-0.15, -0.1) is 0 Å². The summed E-state index contributed by atoms with van der Waals surface area (Å²) in [6, 6.07) is 0. The SMILES string of the molecule is CCCCOC(=O)COCCC1CCNC1. The van der Waals surface area contributed by atoms with Crippen molar-refractivity contribution in [2.45, 2.75) is 32.6 Å². The Bertz CT molecular complexity index is 191. The van der Waals surface area contributed by atoms with Gasteiger partial charge in [0.15, 0.2) is 0 Å². The van der Waals surface area contributed by atoms with E-state index >= 15 is 0 Å². The first-order valence-corrected chi connectivity index (χ1v) is 6.27. The summed E-state index contributed by atoms with van der Waals surface area (Å²) in [6.07, 6.45) is 4.24. The lowest BCUT2D eigenvalue weighted by atomic mass is 10.1. The largest absolute Gasteiger partial charge is 0.464 e. The number of esters is 1. The van der Waals surface area contributed by atoms with Crippen LogP contribution in [0.5, 0.6) is 0 Å². The monoisotopic (exact) mass is 229 g/mol. The summed E-state index contributed by atoms with van der Waals surface area (Å²) in [5.41, 5.74) is 0. The fourth-order valence-corrected chi connectivity index (χ4v) is 1.74. The third-order valence-corrected chi connectivity index (χ3v) is 2.81. The highest BCUT2D eigenvalue weighted by atomic mass is 16.6. The molecule has 0 saturated carbocycles. The quantitative estimate of drug-likeness (QED) is 0.504. The molecule has 1 N–H and O–H groups in total. The van der Waals surface area contributed by atoms with E-state index in [-0.39, 0.29) is 12.6 Å². The van der Waals surface area contributed by atoms with Crippen LogP contribution in [-0.2, 0) is 14.3 Å². The van der Waals surface area contributed by atoms with Gasteiger partial charge >= 0.3 is 5.97 Å². The predicted octanol–water partition coefficient (Wildman–Crippen LogP) is 1.35. The Morgan fingerprint density at radius 3 is 3.00 bits per heavy atom. The molecule has 1 atom stereocenters. The molecular formula is C12H23NO3. The number of carbonyl (C=O) groups is 1. The molecule has 0 aliphatic carbocycles. The summed E-state index contributed by atoms with van der Waals surface area (Å²) in [5.74, 6) is 0.481. The molecule has 1 aliphatic heterocycles. The molecule has 0 spiro atoms. The lowest BCUT2D eigenvalue weighted by Gasteiger charge is -2.08. The number of nitrogens with one attached hydrogen (secondary N) is 1. The van der Waals surface area contributed by atoms with Crippen LogP contribution in [0.1, 0.15) is 32.6 Å². The van der Waals surface area contributed by atoms with Crippen molar-refractivity contribution in [3.8, 4) is 0 Å². The number of ether oxygens (including phenoxy) is 2. The van der Waals surface area contributed by atoms with Crippen molar-refractivity contribution < 1.29 is 14.3 Å². The van der Waals surface area contributed by atoms with Crippen LogP contribution in [0.2, 0.25) is 0 Å². The second kappa shape index (κ2) is 8.53. The maximum atomic E-state index is 11.2. The molecule has 4 nitrogen and oxygen atoms in total. The van der Waals surface area contributed by atoms with Crippen LogP contribution in [0.15, 0.2) is 0 Å². The van der Waals surface area contributed by atoms with Gasteiger partial charge in [-0.05, 0) is 38.3 Å². The van der Waals surface area contributed by atoms with Gasteiger partial charge in [-0.1, -0.05) is 13.3 Å². The van der Waals surface area contributed by atoms with Crippen LogP contribution in [0, 0.1) is 5.92 Å². The second-order valence-electron chi connectivity index (χ2n) is 4.27. The summed E-state index contributed by atoms with van der Waals surface area (Å²) in [7, 11) is 0. The Kier molecular flexibility index (Phi) is 7.17. The molecule has 0 aromatic rings. The van der Waals surface area contributed by atoms with Gasteiger partial charge in [0.25, 0.3) is 0 Å². The minimum atomic E-state index is -0.238. The summed E-state index contributed by atoms with van der Waals surface area (Å²) in [4.78, 5) is 11.2. The van der Waals surface area contributed by atoms with Crippen molar-refractivity contribution in [1.29, 1.82) is 0 Å². The lowest BCUT2D eigenvalue weighted by Crippen LogP contribution is -2.16. The zero-order chi connectivity index (χ0) is 11.6. The van der Waals surface area contributed by atoms with Crippen molar-refractivity contribution in [3.05, 3.63) is 0 Å². The molecule has 1 saturated heterocycles. The van der Waals surface area contributed by atoms with Crippen LogP contribution in [0.4, 0.5) is 0 Å². The number of unbranched alkanes of at least 4 members (excludes halogenated alkanes) is 1. The van der Waals surface area contributed by atoms with E-state index in [0.29, 0.717) is 13.2 Å². The Labute approximate surface area is 97.7 Å². The van der Waals surface area contributed by atoms with E-state index < -0.39 is 0 Å². The van der Waals surface area contributed by atoms with Crippen LogP contribution in [0.25, 0.3) is 0 Å². The van der Waals surface area contributed by atoms with Crippen molar-refractivity contribution >= 4 is 5.97 Å². The summed E-state index contributed by atoms with van der Waals surface area (Å²) >= 11 is 0. The average molecular weight is 229 g/mol. The Balaban J connectivity index is 1.87. The molecule has 1 aliphatic rings. The highest BCUT2D eigenvalue weighted by molar-refractivity contribution is 5.70. The van der Waals surface area contributed by atoms with Crippen LogP contribution in [0.3, 0.4) is 0 Å². The summed E-state index contributed by atoms with van der Waals surface area (Å²) in [6.45, 7) is 5.55. The molecule has 16 heavy (non-hydrogen) atoms. The molecule has 1 heterocycles. The van der Waals surface area contributed by atoms with E-state index in [1.165, 1.54) is 6.42 Å². The second-order valence-corrected chi connectivity index (χ2v) is 4.27. The summed E-state index contributed by atoms with van der Waals surface area (Å²) in [5, 5.41) is 3.31. The molecule has 1 rings (SSSR count). The van der Waals surface area contributed by atoms with Crippen molar-refractivity contribution in [2.75, 3.05) is 32.9 Å². The first-order valence-electron chi connectivity index (χ1n) is 6.27. The number of rotatable bonds is 8. The minimum Gasteiger partial charge on any atom is -0.464 e. The third-order valence-electron chi connectivity index (χ3n) is 2.81. The van der Waals surface area contributed by atoms with E-state index in [0.717, 1.165) is 38.3 Å². The van der Waals surface area contributed by atoms with Crippen LogP contribution < -0.4 is 5.32 Å². The highest BCUT2D eigenvalue weighted by Crippen LogP contribution is 2.11. The first-order chi connectivity index (χ1) is 7.83. The van der Waals surface area contributed by atoms with E-state index in [4.69, 9.17) is 9.47 Å². The highest BCUT2D eigenvalue weighted by Gasteiger charge is 2.13. The van der Waals surface area contributed by atoms with Crippen LogP contribution >= 0.6 is 0 Å². The molecule has 1 unspecified atom stereocenters. The third kappa shape index (κ3) is 6.08. The molecule has 0 radical (unpaired) electrons. The Morgan fingerprint density at radius 2 is 2.31 bits per heavy atom. The van der Waals surface area contributed by atoms with Crippen molar-refractivity contribution in [2.24, 2.45) is 5.92 Å². The average Bonchev–Trinajstić information content (AvgIpc) is 2.78. The van der Waals surface area contributed by atoms with Gasteiger partial charge in [-0.3, -0.25) is 0 Å². The predicted molar refractivity (Wildman–Crippen MR) is 62.3 cm³/mol. The number of hydrogen-bond acceptors (Lipinski definition) is 4. The minimum absolute atomic E-state index is 0.101. The molecule has 94 valence electrons. The maximum absolute atomic E-state index is 11.2. The first kappa shape index (κ1) is 13.5. The van der Waals surface area contributed by atoms with Crippen molar-refractivity contribution in [3.63, 3.8) is 0 Å². The Hall–Kier alpha value is -0.610. The molecule has 0 aromatic heterocycles. The molecule has 0 aromatic carbocycles. The zero-order valence-corrected chi connectivity index (χ0v) is 10.2. The fourth-order valence-electron chi connectivity index (χ4n) is 1.74. The zero-order valence-electron chi connectivity index (χ0n) is 10.2. The lowest BCUT2D eigenvalue weighted by molar-refractivity contribution is -0.149. The van der Waals surface area contributed by atoms with Gasteiger partial charge in [0.2, 0.25) is 0 Å². The smallest absolute Gasteiger partial charge is 0.332 e. The van der Waals surface area contributed by atoms with Gasteiger partial charge in [0.05, 0.1) is 6.61 Å². The molecule has 0 bridgehead atoms. The number of carbonyl (C=O) groups excluding carboxylic acids is 1. The molecule has 4 heteroatoms. The van der Waals surface area contributed by atoms with Gasteiger partial charge in [0, 0.05) is 6.61 Å². The molecule has 1 fully saturated rings. The maximum Gasteiger partial charge on any atom is 0.332 e. The fraction of sp³-hybridized carbons (Fsp3) is 0.917. The standard InChI is InChI=1S/C12H23NO3/c1-2-3-7-16-12(14)10-15-8-5-11-4-6-13-9-11/h11,13H,2-10H2,1H3. The number of hydrogen-bond donors (Lipinski definition) is 1. The normalized spacial score (nSPS) is 19.9. The van der Waals surface area contributed by atoms with E-state index in [1.807, 2.05) is 0 Å².